The van der Waals surface area contributed by atoms with Gasteiger partial charge >= 0.3 is 0 Å². The van der Waals surface area contributed by atoms with Crippen molar-refractivity contribution < 1.29 is 9.90 Å². The van der Waals surface area contributed by atoms with Crippen molar-refractivity contribution in [1.82, 2.24) is 5.32 Å². The molecule has 1 aromatic heterocycles. The van der Waals surface area contributed by atoms with Crippen molar-refractivity contribution in [3.05, 3.63) is 28.5 Å². The van der Waals surface area contributed by atoms with Crippen LogP contribution < -0.4 is 5.32 Å². The van der Waals surface area contributed by atoms with E-state index in [-0.39, 0.29) is 18.1 Å². The summed E-state index contributed by atoms with van der Waals surface area (Å²) in [7, 11) is 0. The fourth-order valence-corrected chi connectivity index (χ4v) is 1.94. The second-order valence-corrected chi connectivity index (χ2v) is 4.76. The summed E-state index contributed by atoms with van der Waals surface area (Å²) >= 11 is 1.59. The molecule has 0 bridgehead atoms. The van der Waals surface area contributed by atoms with Gasteiger partial charge in [-0.15, -0.1) is 11.3 Å². The first-order chi connectivity index (χ1) is 7.24. The first kappa shape index (κ1) is 10.4. The van der Waals surface area contributed by atoms with Gasteiger partial charge in [0.25, 0.3) is 0 Å². The van der Waals surface area contributed by atoms with Gasteiger partial charge in [-0.3, -0.25) is 4.79 Å². The van der Waals surface area contributed by atoms with Gasteiger partial charge in [-0.25, -0.2) is 0 Å². The zero-order chi connectivity index (χ0) is 10.7. The molecule has 2 rings (SSSR count). The van der Waals surface area contributed by atoms with Crippen LogP contribution in [0.4, 0.5) is 0 Å². The molecule has 1 aliphatic carbocycles. The maximum Gasteiger partial charge on any atom is 0.244 e. The minimum Gasteiger partial charge on any atom is -0.394 e. The van der Waals surface area contributed by atoms with E-state index in [9.17, 15) is 4.79 Å². The Morgan fingerprint density at radius 1 is 1.67 bits per heavy atom. The third-order valence-electron chi connectivity index (χ3n) is 2.49. The second-order valence-electron chi connectivity index (χ2n) is 3.78. The van der Waals surface area contributed by atoms with Crippen molar-refractivity contribution >= 4 is 23.3 Å². The standard InChI is InChI=1S/C11H13NO2S/c13-8-11(5-6-11)12-10(14)4-3-9-2-1-7-15-9/h1-4,7,13H,5-6,8H2,(H,12,14)/b4-3+. The van der Waals surface area contributed by atoms with Crippen LogP contribution in [0.1, 0.15) is 17.7 Å². The molecule has 1 fully saturated rings. The van der Waals surface area contributed by atoms with Crippen molar-refractivity contribution in [2.24, 2.45) is 0 Å². The molecule has 1 aliphatic rings. The highest BCUT2D eigenvalue weighted by atomic mass is 32.1. The zero-order valence-corrected chi connectivity index (χ0v) is 9.09. The predicted molar refractivity (Wildman–Crippen MR) is 60.5 cm³/mol. The van der Waals surface area contributed by atoms with Gasteiger partial charge in [0, 0.05) is 11.0 Å². The molecule has 0 aromatic carbocycles. The highest BCUT2D eigenvalue weighted by Gasteiger charge is 2.42. The van der Waals surface area contributed by atoms with Crippen molar-refractivity contribution in [3.8, 4) is 0 Å². The number of aliphatic hydroxyl groups is 1. The molecule has 0 saturated heterocycles. The fraction of sp³-hybridized carbons (Fsp3) is 0.364. The van der Waals surface area contributed by atoms with Crippen LogP contribution in [0, 0.1) is 0 Å². The highest BCUT2D eigenvalue weighted by molar-refractivity contribution is 7.10. The Morgan fingerprint density at radius 2 is 2.47 bits per heavy atom. The van der Waals surface area contributed by atoms with E-state index >= 15 is 0 Å². The lowest BCUT2D eigenvalue weighted by Crippen LogP contribution is -2.38. The van der Waals surface area contributed by atoms with E-state index in [4.69, 9.17) is 5.11 Å². The van der Waals surface area contributed by atoms with Crippen LogP contribution in [0.15, 0.2) is 23.6 Å². The first-order valence-corrected chi connectivity index (χ1v) is 5.77. The monoisotopic (exact) mass is 223 g/mol. The summed E-state index contributed by atoms with van der Waals surface area (Å²) in [5.41, 5.74) is -0.323. The lowest BCUT2D eigenvalue weighted by molar-refractivity contribution is -0.117. The summed E-state index contributed by atoms with van der Waals surface area (Å²) in [6, 6.07) is 3.89. The molecule has 80 valence electrons. The summed E-state index contributed by atoms with van der Waals surface area (Å²) < 4.78 is 0. The SMILES string of the molecule is O=C(/C=C/c1cccs1)NC1(CO)CC1. The summed E-state index contributed by atoms with van der Waals surface area (Å²) in [5.74, 6) is -0.130. The Hall–Kier alpha value is -1.13. The van der Waals surface area contributed by atoms with Gasteiger partial charge in [-0.2, -0.15) is 0 Å². The fourth-order valence-electron chi connectivity index (χ4n) is 1.32. The minimum atomic E-state index is -0.323. The number of aliphatic hydroxyl groups excluding tert-OH is 1. The molecule has 0 radical (unpaired) electrons. The van der Waals surface area contributed by atoms with Crippen LogP contribution in [0.5, 0.6) is 0 Å². The van der Waals surface area contributed by atoms with E-state index < -0.39 is 0 Å². The molecule has 1 heterocycles. The average molecular weight is 223 g/mol. The predicted octanol–water partition coefficient (Wildman–Crippen LogP) is 1.40. The maximum atomic E-state index is 11.4. The van der Waals surface area contributed by atoms with E-state index in [0.29, 0.717) is 0 Å². The number of amides is 1. The highest BCUT2D eigenvalue weighted by Crippen LogP contribution is 2.34. The lowest BCUT2D eigenvalue weighted by Gasteiger charge is -2.11. The van der Waals surface area contributed by atoms with Crippen LogP contribution in [-0.4, -0.2) is 23.2 Å². The van der Waals surface area contributed by atoms with Crippen LogP contribution >= 0.6 is 11.3 Å². The molecule has 1 amide bonds. The molecule has 0 unspecified atom stereocenters. The van der Waals surface area contributed by atoms with E-state index in [1.165, 1.54) is 6.08 Å². The second kappa shape index (κ2) is 4.16. The van der Waals surface area contributed by atoms with Crippen LogP contribution in [-0.2, 0) is 4.79 Å². The number of nitrogens with one attached hydrogen (secondary N) is 1. The van der Waals surface area contributed by atoms with Crippen LogP contribution in [0.3, 0.4) is 0 Å². The Balaban J connectivity index is 1.87. The number of carbonyl (C=O) groups is 1. The topological polar surface area (TPSA) is 49.3 Å². The summed E-state index contributed by atoms with van der Waals surface area (Å²) in [4.78, 5) is 12.5. The van der Waals surface area contributed by atoms with Crippen molar-refractivity contribution in [2.45, 2.75) is 18.4 Å². The summed E-state index contributed by atoms with van der Waals surface area (Å²) in [5, 5.41) is 13.8. The molecule has 3 nitrogen and oxygen atoms in total. The molecule has 1 aromatic rings. The van der Waals surface area contributed by atoms with Gasteiger partial charge in [0.2, 0.25) is 5.91 Å². The van der Waals surface area contributed by atoms with Gasteiger partial charge in [0.15, 0.2) is 0 Å². The van der Waals surface area contributed by atoms with Gasteiger partial charge in [-0.05, 0) is 30.4 Å². The quantitative estimate of drug-likeness (QED) is 0.758. The molecule has 4 heteroatoms. The van der Waals surface area contributed by atoms with E-state index in [1.54, 1.807) is 17.4 Å². The smallest absolute Gasteiger partial charge is 0.244 e. The average Bonchev–Trinajstić information content (AvgIpc) is 2.80. The molecule has 0 atom stereocenters. The lowest BCUT2D eigenvalue weighted by atomic mass is 10.3. The van der Waals surface area contributed by atoms with Crippen molar-refractivity contribution in [3.63, 3.8) is 0 Å². The normalized spacial score (nSPS) is 17.9. The van der Waals surface area contributed by atoms with Gasteiger partial charge in [0.1, 0.15) is 0 Å². The Kier molecular flexibility index (Phi) is 2.88. The van der Waals surface area contributed by atoms with E-state index in [1.807, 2.05) is 17.5 Å². The van der Waals surface area contributed by atoms with Gasteiger partial charge in [0.05, 0.1) is 12.1 Å². The number of rotatable bonds is 4. The van der Waals surface area contributed by atoms with Crippen molar-refractivity contribution in [1.29, 1.82) is 0 Å². The third kappa shape index (κ3) is 2.67. The molecule has 0 aliphatic heterocycles. The molecular weight excluding hydrogens is 210 g/mol. The third-order valence-corrected chi connectivity index (χ3v) is 3.32. The summed E-state index contributed by atoms with van der Waals surface area (Å²) in [6.45, 7) is 0.0333. The molecule has 2 N–H and O–H groups in total. The Labute approximate surface area is 92.4 Å². The number of hydrogen-bond donors (Lipinski definition) is 2. The first-order valence-electron chi connectivity index (χ1n) is 4.89. The van der Waals surface area contributed by atoms with E-state index in [2.05, 4.69) is 5.32 Å². The van der Waals surface area contributed by atoms with Gasteiger partial charge in [-0.1, -0.05) is 6.07 Å². The van der Waals surface area contributed by atoms with Crippen LogP contribution in [0.2, 0.25) is 0 Å². The molecule has 1 saturated carbocycles. The zero-order valence-electron chi connectivity index (χ0n) is 8.27. The van der Waals surface area contributed by atoms with Crippen LogP contribution in [0.25, 0.3) is 6.08 Å². The van der Waals surface area contributed by atoms with Gasteiger partial charge < -0.3 is 10.4 Å². The van der Waals surface area contributed by atoms with E-state index in [0.717, 1.165) is 17.7 Å². The maximum absolute atomic E-state index is 11.4. The molecular formula is C11H13NO2S. The molecule has 15 heavy (non-hydrogen) atoms. The summed E-state index contributed by atoms with van der Waals surface area (Å²) in [6.07, 6.45) is 5.05. The minimum absolute atomic E-state index is 0.0333. The van der Waals surface area contributed by atoms with Crippen molar-refractivity contribution in [2.75, 3.05) is 6.61 Å². The number of thiophene rings is 1. The Bertz CT molecular complexity index is 366. The number of hydrogen-bond acceptors (Lipinski definition) is 3. The molecule has 0 spiro atoms. The number of carbonyl (C=O) groups excluding carboxylic acids is 1. The Morgan fingerprint density at radius 3 is 3.00 bits per heavy atom. The largest absolute Gasteiger partial charge is 0.394 e.